The predicted octanol–water partition coefficient (Wildman–Crippen LogP) is 5.58. The molecule has 3 aromatic heterocycles. The van der Waals surface area contributed by atoms with Gasteiger partial charge in [0.1, 0.15) is 11.6 Å². The minimum absolute atomic E-state index is 0.0953. The van der Waals surface area contributed by atoms with Crippen molar-refractivity contribution < 1.29 is 18.7 Å². The van der Waals surface area contributed by atoms with Crippen molar-refractivity contribution >= 4 is 17.0 Å². The molecule has 5 rings (SSSR count). The second-order valence-corrected chi connectivity index (χ2v) is 7.73. The first-order chi connectivity index (χ1) is 16.5. The van der Waals surface area contributed by atoms with Crippen molar-refractivity contribution in [1.82, 2.24) is 19.7 Å². The van der Waals surface area contributed by atoms with Crippen molar-refractivity contribution in [2.45, 2.75) is 13.0 Å². The monoisotopic (exact) mass is 456 g/mol. The summed E-state index contributed by atoms with van der Waals surface area (Å²) in [4.78, 5) is 20.0. The zero-order valence-corrected chi connectivity index (χ0v) is 17.8. The highest BCUT2D eigenvalue weighted by Crippen LogP contribution is 2.42. The molecule has 1 N–H and O–H groups in total. The number of aryl methyl sites for hydroxylation is 1. The Bertz CT molecular complexity index is 1480. The fraction of sp³-hybridized carbons (Fsp3) is 0.0769. The summed E-state index contributed by atoms with van der Waals surface area (Å²) < 4.78 is 29.0. The molecule has 0 aliphatic carbocycles. The van der Waals surface area contributed by atoms with Crippen LogP contribution < -0.4 is 0 Å². The Hall–Kier alpha value is -4.46. The largest absolute Gasteiger partial charge is 0.481 e. The number of aliphatic carboxylic acids is 1. The van der Waals surface area contributed by atoms with E-state index < -0.39 is 5.97 Å². The van der Waals surface area contributed by atoms with Crippen LogP contribution >= 0.6 is 0 Å². The smallest absolute Gasteiger partial charge is 0.305 e. The van der Waals surface area contributed by atoms with E-state index in [2.05, 4.69) is 10.1 Å². The van der Waals surface area contributed by atoms with E-state index in [1.54, 1.807) is 47.5 Å². The molecule has 0 fully saturated rings. The molecule has 0 unspecified atom stereocenters. The fourth-order valence-corrected chi connectivity index (χ4v) is 3.94. The molecule has 8 heteroatoms. The molecule has 5 aromatic rings. The number of carboxylic acid groups (broad SMARTS) is 1. The molecule has 0 saturated carbocycles. The van der Waals surface area contributed by atoms with Crippen molar-refractivity contribution in [2.75, 3.05) is 0 Å². The molecule has 0 radical (unpaired) electrons. The van der Waals surface area contributed by atoms with Crippen LogP contribution in [0.25, 0.3) is 44.5 Å². The van der Waals surface area contributed by atoms with Crippen LogP contribution in [0.4, 0.5) is 8.78 Å². The fourth-order valence-electron chi connectivity index (χ4n) is 3.94. The van der Waals surface area contributed by atoms with Crippen LogP contribution in [0.15, 0.2) is 79.3 Å². The Morgan fingerprint density at radius 1 is 0.824 bits per heavy atom. The first-order valence-corrected chi connectivity index (χ1v) is 10.5. The van der Waals surface area contributed by atoms with Crippen LogP contribution in [0.3, 0.4) is 0 Å². The molecule has 2 aromatic carbocycles. The molecule has 0 amide bonds. The number of nitrogens with zero attached hydrogens (tertiary/aromatic N) is 4. The number of carboxylic acids is 1. The Morgan fingerprint density at radius 2 is 1.41 bits per heavy atom. The van der Waals surface area contributed by atoms with Crippen molar-refractivity contribution in [2.24, 2.45) is 0 Å². The summed E-state index contributed by atoms with van der Waals surface area (Å²) in [7, 11) is 0. The van der Waals surface area contributed by atoms with Gasteiger partial charge >= 0.3 is 5.97 Å². The Morgan fingerprint density at radius 3 is 2.03 bits per heavy atom. The number of benzene rings is 2. The van der Waals surface area contributed by atoms with E-state index in [0.717, 1.165) is 22.3 Å². The average molecular weight is 456 g/mol. The van der Waals surface area contributed by atoms with E-state index in [1.807, 2.05) is 12.1 Å². The number of pyridine rings is 2. The zero-order valence-electron chi connectivity index (χ0n) is 17.8. The number of carbonyl (C=O) groups is 1. The normalized spacial score (nSPS) is 11.1. The maximum absolute atomic E-state index is 13.8. The molecule has 0 bridgehead atoms. The zero-order chi connectivity index (χ0) is 23.7. The lowest BCUT2D eigenvalue weighted by atomic mass is 9.90. The van der Waals surface area contributed by atoms with Gasteiger partial charge in [0.05, 0.1) is 18.7 Å². The molecule has 6 nitrogen and oxygen atoms in total. The molecule has 0 saturated heterocycles. The first kappa shape index (κ1) is 21.4. The van der Waals surface area contributed by atoms with E-state index in [4.69, 9.17) is 10.1 Å². The molecule has 0 aliphatic heterocycles. The maximum atomic E-state index is 13.8. The van der Waals surface area contributed by atoms with Crippen LogP contribution in [0.2, 0.25) is 0 Å². The van der Waals surface area contributed by atoms with Crippen molar-refractivity contribution in [3.05, 3.63) is 90.9 Å². The third-order valence-corrected chi connectivity index (χ3v) is 5.49. The van der Waals surface area contributed by atoms with Crippen molar-refractivity contribution in [3.8, 4) is 33.5 Å². The number of rotatable bonds is 6. The van der Waals surface area contributed by atoms with Gasteiger partial charge in [-0.25, -0.2) is 13.8 Å². The van der Waals surface area contributed by atoms with Gasteiger partial charge in [0.15, 0.2) is 5.65 Å². The summed E-state index contributed by atoms with van der Waals surface area (Å²) >= 11 is 0. The summed E-state index contributed by atoms with van der Waals surface area (Å²) in [5, 5.41) is 14.3. The van der Waals surface area contributed by atoms with Gasteiger partial charge in [0, 0.05) is 40.7 Å². The van der Waals surface area contributed by atoms with Gasteiger partial charge in [-0.1, -0.05) is 12.1 Å². The summed E-state index contributed by atoms with van der Waals surface area (Å²) in [5.74, 6) is -1.67. The summed E-state index contributed by atoms with van der Waals surface area (Å²) in [5.41, 5.74) is 4.73. The van der Waals surface area contributed by atoms with E-state index in [-0.39, 0.29) is 24.6 Å². The van der Waals surface area contributed by atoms with E-state index in [9.17, 15) is 13.6 Å². The molecular weight excluding hydrogens is 438 g/mol. The van der Waals surface area contributed by atoms with Crippen LogP contribution in [0.5, 0.6) is 0 Å². The summed E-state index contributed by atoms with van der Waals surface area (Å²) in [6.07, 6.45) is 4.99. The van der Waals surface area contributed by atoms with Crippen LogP contribution in [-0.4, -0.2) is 30.8 Å². The Balaban J connectivity index is 1.86. The quantitative estimate of drug-likeness (QED) is 0.361. The third kappa shape index (κ3) is 4.13. The number of halogens is 2. The van der Waals surface area contributed by atoms with Gasteiger partial charge in [-0.05, 0) is 59.7 Å². The minimum atomic E-state index is -0.934. The number of hydrogen-bond donors (Lipinski definition) is 1. The molecule has 0 atom stereocenters. The lowest BCUT2D eigenvalue weighted by Crippen LogP contribution is -2.04. The van der Waals surface area contributed by atoms with Crippen LogP contribution in [-0.2, 0) is 11.3 Å². The molecule has 34 heavy (non-hydrogen) atoms. The van der Waals surface area contributed by atoms with Crippen LogP contribution in [0, 0.1) is 11.6 Å². The van der Waals surface area contributed by atoms with Crippen LogP contribution in [0.1, 0.15) is 6.42 Å². The van der Waals surface area contributed by atoms with Crippen molar-refractivity contribution in [1.29, 1.82) is 0 Å². The van der Waals surface area contributed by atoms with Gasteiger partial charge in [-0.3, -0.25) is 14.5 Å². The van der Waals surface area contributed by atoms with E-state index >= 15 is 0 Å². The standard InChI is InChI=1S/C26H18F2N4O2/c27-19-5-1-16(2-6-19)23-21-15-32(14-11-22(33)34)31-26(21)30-25(18-3-7-20(28)8-4-18)24(23)17-9-12-29-13-10-17/h1-10,12-13,15H,11,14H2,(H,33,34). The minimum Gasteiger partial charge on any atom is -0.481 e. The lowest BCUT2D eigenvalue weighted by molar-refractivity contribution is -0.137. The molecule has 3 heterocycles. The highest BCUT2D eigenvalue weighted by Gasteiger charge is 2.22. The summed E-state index contributed by atoms with van der Waals surface area (Å²) in [6.45, 7) is 0.172. The molecule has 168 valence electrons. The van der Waals surface area contributed by atoms with Gasteiger partial charge in [0.25, 0.3) is 0 Å². The topological polar surface area (TPSA) is 80.9 Å². The molecule has 0 spiro atoms. The SMILES string of the molecule is O=C(O)CCn1cc2c(-c3ccc(F)cc3)c(-c3ccncc3)c(-c3ccc(F)cc3)nc2n1. The molecular formula is C26H18F2N4O2. The maximum Gasteiger partial charge on any atom is 0.305 e. The first-order valence-electron chi connectivity index (χ1n) is 10.5. The predicted molar refractivity (Wildman–Crippen MR) is 124 cm³/mol. The summed E-state index contributed by atoms with van der Waals surface area (Å²) in [6, 6.07) is 15.8. The van der Waals surface area contributed by atoms with Gasteiger partial charge in [-0.15, -0.1) is 0 Å². The van der Waals surface area contributed by atoms with Gasteiger partial charge in [0.2, 0.25) is 0 Å². The number of fused-ring (bicyclic) bond motifs is 1. The highest BCUT2D eigenvalue weighted by atomic mass is 19.1. The Kier molecular flexibility index (Phi) is 5.55. The number of aromatic nitrogens is 4. The second-order valence-electron chi connectivity index (χ2n) is 7.73. The highest BCUT2D eigenvalue weighted by molar-refractivity contribution is 6.05. The third-order valence-electron chi connectivity index (χ3n) is 5.49. The van der Waals surface area contributed by atoms with E-state index in [0.29, 0.717) is 22.3 Å². The van der Waals surface area contributed by atoms with Gasteiger partial charge < -0.3 is 5.11 Å². The average Bonchev–Trinajstić information content (AvgIpc) is 3.26. The number of hydrogen-bond acceptors (Lipinski definition) is 4. The van der Waals surface area contributed by atoms with Gasteiger partial charge in [-0.2, -0.15) is 5.10 Å². The van der Waals surface area contributed by atoms with Crippen molar-refractivity contribution in [3.63, 3.8) is 0 Å². The Labute approximate surface area is 193 Å². The molecule has 0 aliphatic rings. The second kappa shape index (κ2) is 8.82. The lowest BCUT2D eigenvalue weighted by Gasteiger charge is -2.16. The van der Waals surface area contributed by atoms with E-state index in [1.165, 1.54) is 24.3 Å².